The highest BCUT2D eigenvalue weighted by molar-refractivity contribution is 7.07. The number of methoxy groups -OCH3 is 2. The van der Waals surface area contributed by atoms with Crippen molar-refractivity contribution in [2.75, 3.05) is 40.6 Å². The van der Waals surface area contributed by atoms with E-state index in [1.165, 1.54) is 30.1 Å². The second-order valence-corrected chi connectivity index (χ2v) is 10.3. The summed E-state index contributed by atoms with van der Waals surface area (Å²) >= 11 is 1.19. The minimum absolute atomic E-state index is 0.0505. The van der Waals surface area contributed by atoms with Crippen LogP contribution < -0.4 is 29.1 Å². The predicted molar refractivity (Wildman–Crippen MR) is 159 cm³/mol. The molecule has 0 spiro atoms. The van der Waals surface area contributed by atoms with Gasteiger partial charge in [-0.2, -0.15) is 0 Å². The molecule has 12 heteroatoms. The summed E-state index contributed by atoms with van der Waals surface area (Å²) < 4.78 is 33.9. The first-order valence-electron chi connectivity index (χ1n) is 13.8. The molecule has 0 saturated heterocycles. The van der Waals surface area contributed by atoms with E-state index in [9.17, 15) is 14.4 Å². The number of aromatic nitrogens is 1. The second-order valence-electron chi connectivity index (χ2n) is 9.29. The lowest BCUT2D eigenvalue weighted by atomic mass is 9.95. The van der Waals surface area contributed by atoms with Crippen LogP contribution in [0.5, 0.6) is 17.2 Å². The second kappa shape index (κ2) is 14.7. The van der Waals surface area contributed by atoms with Gasteiger partial charge in [-0.3, -0.25) is 9.36 Å². The SMILES string of the molecule is CCCOc1ccccc1[C@H]1C(C(=O)OCCOC)=C(C)N=c2s/c(=C/c3ccc(OC(=O)OCC)c(OC)c3)c(=O)n21. The first-order valence-corrected chi connectivity index (χ1v) is 14.6. The molecule has 0 fully saturated rings. The number of rotatable bonds is 12. The van der Waals surface area contributed by atoms with Crippen molar-refractivity contribution < 1.29 is 38.0 Å². The number of allylic oxidation sites excluding steroid dienone is 1. The molecule has 3 aromatic rings. The molecule has 1 atom stereocenters. The van der Waals surface area contributed by atoms with Crippen LogP contribution in [0.4, 0.5) is 4.79 Å². The normalized spacial score (nSPS) is 14.5. The minimum atomic E-state index is -0.850. The van der Waals surface area contributed by atoms with Crippen LogP contribution in [-0.4, -0.2) is 57.3 Å². The van der Waals surface area contributed by atoms with Crippen LogP contribution >= 0.6 is 11.3 Å². The number of esters is 1. The van der Waals surface area contributed by atoms with Crippen LogP contribution in [0, 0.1) is 0 Å². The Hall–Kier alpha value is -4.42. The molecule has 43 heavy (non-hydrogen) atoms. The van der Waals surface area contributed by atoms with Crippen LogP contribution in [0.3, 0.4) is 0 Å². The van der Waals surface area contributed by atoms with Crippen molar-refractivity contribution in [3.63, 3.8) is 0 Å². The van der Waals surface area contributed by atoms with Crippen molar-refractivity contribution in [1.29, 1.82) is 0 Å². The zero-order chi connectivity index (χ0) is 30.9. The Kier molecular flexibility index (Phi) is 10.7. The largest absolute Gasteiger partial charge is 0.513 e. The molecule has 0 saturated carbocycles. The van der Waals surface area contributed by atoms with Gasteiger partial charge in [0.25, 0.3) is 5.56 Å². The maximum Gasteiger partial charge on any atom is 0.513 e. The van der Waals surface area contributed by atoms with Gasteiger partial charge in [0.1, 0.15) is 18.4 Å². The Morgan fingerprint density at radius 1 is 1.00 bits per heavy atom. The first-order chi connectivity index (χ1) is 20.8. The number of hydrogen-bond donors (Lipinski definition) is 0. The number of para-hydroxylation sites is 1. The number of nitrogens with zero attached hydrogens (tertiary/aromatic N) is 2. The monoisotopic (exact) mass is 610 g/mol. The van der Waals surface area contributed by atoms with Crippen molar-refractivity contribution in [1.82, 2.24) is 4.57 Å². The number of hydrogen-bond acceptors (Lipinski definition) is 11. The molecule has 2 heterocycles. The molecule has 1 aromatic heterocycles. The fourth-order valence-corrected chi connectivity index (χ4v) is 5.52. The maximum absolute atomic E-state index is 14.0. The Balaban J connectivity index is 1.84. The molecule has 228 valence electrons. The van der Waals surface area contributed by atoms with E-state index in [4.69, 9.17) is 28.4 Å². The average Bonchev–Trinajstić information content (AvgIpc) is 3.30. The minimum Gasteiger partial charge on any atom is -0.493 e. The van der Waals surface area contributed by atoms with Crippen LogP contribution in [-0.2, 0) is 19.0 Å². The summed E-state index contributed by atoms with van der Waals surface area (Å²) in [5.41, 5.74) is 1.59. The van der Waals surface area contributed by atoms with Crippen molar-refractivity contribution in [2.24, 2.45) is 4.99 Å². The summed E-state index contributed by atoms with van der Waals surface area (Å²) in [5.74, 6) is 0.425. The van der Waals surface area contributed by atoms with Gasteiger partial charge >= 0.3 is 12.1 Å². The van der Waals surface area contributed by atoms with Crippen molar-refractivity contribution in [2.45, 2.75) is 33.2 Å². The summed E-state index contributed by atoms with van der Waals surface area (Å²) in [7, 11) is 2.96. The quantitative estimate of drug-likeness (QED) is 0.171. The maximum atomic E-state index is 14.0. The highest BCUT2D eigenvalue weighted by atomic mass is 32.1. The summed E-state index contributed by atoms with van der Waals surface area (Å²) in [6.07, 6.45) is 1.62. The van der Waals surface area contributed by atoms with Crippen molar-refractivity contribution in [3.8, 4) is 17.2 Å². The van der Waals surface area contributed by atoms with E-state index in [-0.39, 0.29) is 42.5 Å². The average molecular weight is 611 g/mol. The summed E-state index contributed by atoms with van der Waals surface area (Å²) in [6, 6.07) is 11.4. The van der Waals surface area contributed by atoms with Gasteiger partial charge in [0.2, 0.25) is 0 Å². The molecule has 0 amide bonds. The number of ether oxygens (including phenoxy) is 6. The smallest absolute Gasteiger partial charge is 0.493 e. The van der Waals surface area contributed by atoms with Gasteiger partial charge in [-0.1, -0.05) is 42.5 Å². The molecule has 0 radical (unpaired) electrons. The van der Waals surface area contributed by atoms with Crippen molar-refractivity contribution in [3.05, 3.63) is 84.5 Å². The van der Waals surface area contributed by atoms with E-state index in [2.05, 4.69) is 4.99 Å². The fraction of sp³-hybridized carbons (Fsp3) is 0.355. The molecule has 1 aliphatic rings. The molecule has 1 aliphatic heterocycles. The van der Waals surface area contributed by atoms with Gasteiger partial charge in [0.15, 0.2) is 16.3 Å². The van der Waals surface area contributed by atoms with E-state index in [0.717, 1.165) is 6.42 Å². The van der Waals surface area contributed by atoms with Gasteiger partial charge < -0.3 is 28.4 Å². The Bertz CT molecular complexity index is 1690. The molecular weight excluding hydrogens is 576 g/mol. The van der Waals surface area contributed by atoms with Crippen molar-refractivity contribution >= 4 is 29.5 Å². The molecule has 11 nitrogen and oxygen atoms in total. The van der Waals surface area contributed by atoms with Crippen LogP contribution in [0.25, 0.3) is 6.08 Å². The van der Waals surface area contributed by atoms with Gasteiger partial charge in [-0.15, -0.1) is 0 Å². The van der Waals surface area contributed by atoms with E-state index in [1.807, 2.05) is 31.2 Å². The number of carbonyl (C=O) groups excluding carboxylic acids is 2. The number of thiazole rings is 1. The molecule has 0 aliphatic carbocycles. The van der Waals surface area contributed by atoms with E-state index < -0.39 is 18.2 Å². The molecule has 0 N–H and O–H groups in total. The summed E-state index contributed by atoms with van der Waals surface area (Å²) in [4.78, 5) is 44.3. The highest BCUT2D eigenvalue weighted by Gasteiger charge is 2.35. The standard InChI is InChI=1S/C31H34N2O9S/c1-6-14-40-22-11-9-8-10-21(22)27-26(29(35)41-16-15-37-4)19(3)32-30-33(27)28(34)25(43-30)18-20-12-13-23(24(17-20)38-5)42-31(36)39-7-2/h8-13,17-18,27H,6-7,14-16H2,1-5H3/b25-18+/t27-/m0/s1. The van der Waals surface area contributed by atoms with Crippen LogP contribution in [0.1, 0.15) is 44.4 Å². The highest BCUT2D eigenvalue weighted by Crippen LogP contribution is 2.36. The zero-order valence-corrected chi connectivity index (χ0v) is 25.5. The zero-order valence-electron chi connectivity index (χ0n) is 24.7. The number of fused-ring (bicyclic) bond motifs is 1. The first kappa shape index (κ1) is 31.5. The van der Waals surface area contributed by atoms with Gasteiger partial charge in [-0.25, -0.2) is 14.6 Å². The summed E-state index contributed by atoms with van der Waals surface area (Å²) in [6.45, 7) is 6.31. The Morgan fingerprint density at radius 2 is 1.79 bits per heavy atom. The molecule has 2 aromatic carbocycles. The molecular formula is C31H34N2O9S. The lowest BCUT2D eigenvalue weighted by Crippen LogP contribution is -2.40. The van der Waals surface area contributed by atoms with E-state index >= 15 is 0 Å². The molecule has 4 rings (SSSR count). The van der Waals surface area contributed by atoms with Gasteiger partial charge in [-0.05, 0) is 50.1 Å². The third-order valence-electron chi connectivity index (χ3n) is 6.38. The lowest BCUT2D eigenvalue weighted by Gasteiger charge is -2.26. The summed E-state index contributed by atoms with van der Waals surface area (Å²) in [5, 5.41) is 0. The molecule has 0 unspecified atom stereocenters. The van der Waals surface area contributed by atoms with Crippen LogP contribution in [0.2, 0.25) is 0 Å². The predicted octanol–water partition coefficient (Wildman–Crippen LogP) is 3.76. The number of benzene rings is 2. The third kappa shape index (κ3) is 7.15. The third-order valence-corrected chi connectivity index (χ3v) is 7.36. The number of carbonyl (C=O) groups is 2. The molecule has 0 bridgehead atoms. The fourth-order valence-electron chi connectivity index (χ4n) is 4.47. The lowest BCUT2D eigenvalue weighted by molar-refractivity contribution is -0.140. The Morgan fingerprint density at radius 3 is 2.51 bits per heavy atom. The van der Waals surface area contributed by atoms with E-state index in [0.29, 0.717) is 38.5 Å². The van der Waals surface area contributed by atoms with Crippen LogP contribution in [0.15, 0.2) is 63.5 Å². The van der Waals surface area contributed by atoms with Gasteiger partial charge in [0, 0.05) is 12.7 Å². The topological polar surface area (TPSA) is 124 Å². The Labute approximate surface area is 252 Å². The van der Waals surface area contributed by atoms with E-state index in [1.54, 1.807) is 38.1 Å². The van der Waals surface area contributed by atoms with Gasteiger partial charge in [0.05, 0.1) is 42.7 Å².